The lowest BCUT2D eigenvalue weighted by Crippen LogP contribution is -2.32. The second-order valence-corrected chi connectivity index (χ2v) is 6.43. The molecule has 166 valence electrons. The molecule has 0 aliphatic carbocycles. The zero-order valence-electron chi connectivity index (χ0n) is 15.2. The molecule has 0 fully saturated rings. The predicted molar refractivity (Wildman–Crippen MR) is 88.3 cm³/mol. The molecule has 0 saturated heterocycles. The molecule has 30 heavy (non-hydrogen) atoms. The van der Waals surface area contributed by atoms with Gasteiger partial charge in [-0.2, -0.15) is 39.5 Å². The number of alkyl halides is 9. The van der Waals surface area contributed by atoms with Crippen molar-refractivity contribution < 1.29 is 49.4 Å². The first-order valence-corrected chi connectivity index (χ1v) is 8.30. The van der Waals surface area contributed by atoms with E-state index in [2.05, 4.69) is 4.74 Å². The van der Waals surface area contributed by atoms with Crippen LogP contribution in [0.1, 0.15) is 29.2 Å². The molecule has 2 aromatic rings. The molecule has 0 heterocycles. The average molecular weight is 446 g/mol. The van der Waals surface area contributed by atoms with Gasteiger partial charge in [-0.25, -0.2) is 0 Å². The molecule has 0 saturated carbocycles. The van der Waals surface area contributed by atoms with Gasteiger partial charge in [-0.15, -0.1) is 0 Å². The summed E-state index contributed by atoms with van der Waals surface area (Å²) < 4.78 is 120. The zero-order chi connectivity index (χ0) is 22.9. The maximum Gasteiger partial charge on any atom is 0.416 e. The van der Waals surface area contributed by atoms with E-state index in [-0.39, 0.29) is 22.8 Å². The fourth-order valence-electron chi connectivity index (χ4n) is 2.72. The number of rotatable bonds is 5. The molecule has 0 spiro atoms. The highest BCUT2D eigenvalue weighted by atomic mass is 19.4. The van der Waals surface area contributed by atoms with Gasteiger partial charge in [0.15, 0.2) is 6.10 Å². The average Bonchev–Trinajstić information content (AvgIpc) is 2.63. The Morgan fingerprint density at radius 2 is 1.23 bits per heavy atom. The van der Waals surface area contributed by atoms with Crippen molar-refractivity contribution >= 4 is 0 Å². The number of methoxy groups -OCH3 is 1. The number of hydrogen-bond donors (Lipinski definition) is 1. The number of benzene rings is 2. The van der Waals surface area contributed by atoms with Gasteiger partial charge in [0.1, 0.15) is 0 Å². The number of aliphatic hydroxyl groups is 1. The van der Waals surface area contributed by atoms with Crippen molar-refractivity contribution in [3.8, 4) is 11.1 Å². The van der Waals surface area contributed by atoms with Crippen molar-refractivity contribution in [3.05, 3.63) is 59.2 Å². The highest BCUT2D eigenvalue weighted by Crippen LogP contribution is 2.39. The standard InChI is InChI=1S/C19H15F9O2/c1-30-16(19(26,27)28)9-15(29)11-4-2-10(3-5-11)12-6-13(17(20,21)22)8-14(7-12)18(23,24)25/h2-8,15-16,29H,9H2,1H3. The van der Waals surface area contributed by atoms with Gasteiger partial charge < -0.3 is 9.84 Å². The highest BCUT2D eigenvalue weighted by Gasteiger charge is 2.41. The summed E-state index contributed by atoms with van der Waals surface area (Å²) in [6.07, 6.45) is -19.4. The van der Waals surface area contributed by atoms with Crippen LogP contribution in [0.2, 0.25) is 0 Å². The third-order valence-electron chi connectivity index (χ3n) is 4.30. The lowest BCUT2D eigenvalue weighted by atomic mass is 9.96. The van der Waals surface area contributed by atoms with E-state index in [0.29, 0.717) is 12.1 Å². The molecular weight excluding hydrogens is 431 g/mol. The number of halogens is 9. The van der Waals surface area contributed by atoms with Crippen LogP contribution in [0.3, 0.4) is 0 Å². The molecule has 0 aromatic heterocycles. The van der Waals surface area contributed by atoms with Crippen LogP contribution in [0.25, 0.3) is 11.1 Å². The fraction of sp³-hybridized carbons (Fsp3) is 0.368. The van der Waals surface area contributed by atoms with Crippen molar-refractivity contribution in [2.24, 2.45) is 0 Å². The van der Waals surface area contributed by atoms with Crippen LogP contribution in [-0.4, -0.2) is 24.5 Å². The third-order valence-corrected chi connectivity index (χ3v) is 4.30. The van der Waals surface area contributed by atoms with E-state index in [9.17, 15) is 44.6 Å². The minimum atomic E-state index is -5.01. The Balaban J connectivity index is 2.36. The van der Waals surface area contributed by atoms with Gasteiger partial charge in [0.2, 0.25) is 0 Å². The molecule has 2 nitrogen and oxygen atoms in total. The first kappa shape index (κ1) is 24.0. The summed E-state index contributed by atoms with van der Waals surface area (Å²) in [5.74, 6) is 0. The van der Waals surface area contributed by atoms with E-state index in [1.165, 1.54) is 0 Å². The van der Waals surface area contributed by atoms with Crippen molar-refractivity contribution in [2.75, 3.05) is 7.11 Å². The van der Waals surface area contributed by atoms with E-state index in [1.54, 1.807) is 0 Å². The Morgan fingerprint density at radius 1 is 0.767 bits per heavy atom. The molecule has 2 unspecified atom stereocenters. The van der Waals surface area contributed by atoms with Gasteiger partial charge in [-0.3, -0.25) is 0 Å². The largest absolute Gasteiger partial charge is 0.416 e. The van der Waals surface area contributed by atoms with Gasteiger partial charge in [0.05, 0.1) is 17.2 Å². The van der Waals surface area contributed by atoms with E-state index in [1.807, 2.05) is 0 Å². The van der Waals surface area contributed by atoms with Crippen LogP contribution in [0.5, 0.6) is 0 Å². The maximum atomic E-state index is 13.0. The van der Waals surface area contributed by atoms with Gasteiger partial charge in [-0.1, -0.05) is 24.3 Å². The molecular formula is C19H15F9O2. The van der Waals surface area contributed by atoms with Crippen molar-refractivity contribution in [1.82, 2.24) is 0 Å². The SMILES string of the molecule is COC(CC(O)c1ccc(-c2cc(C(F)(F)F)cc(C(F)(F)F)c2)cc1)C(F)(F)F. The van der Waals surface area contributed by atoms with E-state index >= 15 is 0 Å². The Labute approximate surface area is 164 Å². The zero-order valence-corrected chi connectivity index (χ0v) is 15.2. The normalized spacial score (nSPS) is 15.2. The maximum absolute atomic E-state index is 13.0. The first-order chi connectivity index (χ1) is 13.6. The molecule has 0 amide bonds. The van der Waals surface area contributed by atoms with Crippen LogP contribution in [-0.2, 0) is 17.1 Å². The summed E-state index contributed by atoms with van der Waals surface area (Å²) in [7, 11) is 0.819. The van der Waals surface area contributed by atoms with E-state index < -0.39 is 48.3 Å². The molecule has 1 N–H and O–H groups in total. The molecule has 0 radical (unpaired) electrons. The van der Waals surface area contributed by atoms with Gasteiger partial charge >= 0.3 is 18.5 Å². The van der Waals surface area contributed by atoms with Crippen molar-refractivity contribution in [3.63, 3.8) is 0 Å². The van der Waals surface area contributed by atoms with Gasteiger partial charge in [-0.05, 0) is 34.9 Å². The predicted octanol–water partition coefficient (Wildman–Crippen LogP) is 6.39. The summed E-state index contributed by atoms with van der Waals surface area (Å²) in [4.78, 5) is 0. The lowest BCUT2D eigenvalue weighted by Gasteiger charge is -2.22. The van der Waals surface area contributed by atoms with E-state index in [0.717, 1.165) is 31.4 Å². The van der Waals surface area contributed by atoms with Crippen LogP contribution in [0.4, 0.5) is 39.5 Å². The van der Waals surface area contributed by atoms with Crippen LogP contribution >= 0.6 is 0 Å². The highest BCUT2D eigenvalue weighted by molar-refractivity contribution is 5.66. The Morgan fingerprint density at radius 3 is 1.60 bits per heavy atom. The summed E-state index contributed by atoms with van der Waals surface area (Å²) in [6.45, 7) is 0. The fourth-order valence-corrected chi connectivity index (χ4v) is 2.72. The van der Waals surface area contributed by atoms with Crippen molar-refractivity contribution in [1.29, 1.82) is 0 Å². The molecule has 11 heteroatoms. The quantitative estimate of drug-likeness (QED) is 0.540. The van der Waals surface area contributed by atoms with E-state index in [4.69, 9.17) is 0 Å². The number of aliphatic hydroxyl groups excluding tert-OH is 1. The number of ether oxygens (including phenoxy) is 1. The molecule has 2 atom stereocenters. The second-order valence-electron chi connectivity index (χ2n) is 6.43. The van der Waals surface area contributed by atoms with Crippen LogP contribution in [0, 0.1) is 0 Å². The second kappa shape index (κ2) is 8.46. The summed E-state index contributed by atoms with van der Waals surface area (Å²) >= 11 is 0. The van der Waals surface area contributed by atoms with Crippen LogP contribution < -0.4 is 0 Å². The molecule has 2 aromatic carbocycles. The monoisotopic (exact) mass is 446 g/mol. The smallest absolute Gasteiger partial charge is 0.388 e. The molecule has 0 aliphatic rings. The van der Waals surface area contributed by atoms with Gasteiger partial charge in [0, 0.05) is 13.5 Å². The molecule has 0 bridgehead atoms. The molecule has 2 rings (SSSR count). The van der Waals surface area contributed by atoms with Crippen LogP contribution in [0.15, 0.2) is 42.5 Å². The summed E-state index contributed by atoms with van der Waals surface area (Å²) in [5.41, 5.74) is -3.42. The lowest BCUT2D eigenvalue weighted by molar-refractivity contribution is -0.220. The summed E-state index contributed by atoms with van der Waals surface area (Å²) in [5, 5.41) is 9.97. The summed E-state index contributed by atoms with van der Waals surface area (Å²) in [6, 6.07) is 5.53. The Bertz CT molecular complexity index is 820. The number of hydrogen-bond acceptors (Lipinski definition) is 2. The Kier molecular flexibility index (Phi) is 6.77. The minimum absolute atomic E-state index is 0.00642. The first-order valence-electron chi connectivity index (χ1n) is 8.30. The molecule has 0 aliphatic heterocycles. The van der Waals surface area contributed by atoms with Crippen molar-refractivity contribution in [2.45, 2.75) is 37.2 Å². The third kappa shape index (κ3) is 5.88. The minimum Gasteiger partial charge on any atom is -0.388 e. The topological polar surface area (TPSA) is 29.5 Å². The van der Waals surface area contributed by atoms with Gasteiger partial charge in [0.25, 0.3) is 0 Å². The Hall–Kier alpha value is -2.27.